The van der Waals surface area contributed by atoms with Gasteiger partial charge in [0.05, 0.1) is 10.6 Å². The average Bonchev–Trinajstić information content (AvgIpc) is 2.56. The minimum Gasteiger partial charge on any atom is -0.512 e. The fourth-order valence-electron chi connectivity index (χ4n) is 2.02. The molecule has 2 aromatic carbocycles. The Morgan fingerprint density at radius 2 is 1.84 bits per heavy atom. The van der Waals surface area contributed by atoms with Gasteiger partial charge in [0.1, 0.15) is 17.3 Å². The van der Waals surface area contributed by atoms with E-state index in [9.17, 15) is 9.90 Å². The van der Waals surface area contributed by atoms with Crippen LogP contribution in [0.2, 0.25) is 10.0 Å². The third-order valence-electron chi connectivity index (χ3n) is 3.20. The summed E-state index contributed by atoms with van der Waals surface area (Å²) in [6, 6.07) is 11.8. The molecule has 2 N–H and O–H groups in total. The van der Waals surface area contributed by atoms with E-state index in [1.165, 1.54) is 13.0 Å². The van der Waals surface area contributed by atoms with E-state index in [0.29, 0.717) is 27.2 Å². The molecular formula is C19H17Cl2NO3. The Morgan fingerprint density at radius 1 is 1.16 bits per heavy atom. The Kier molecular flexibility index (Phi) is 6.51. The topological polar surface area (TPSA) is 58.6 Å². The third-order valence-corrected chi connectivity index (χ3v) is 3.75. The van der Waals surface area contributed by atoms with E-state index < -0.39 is 5.91 Å². The molecule has 6 heteroatoms. The van der Waals surface area contributed by atoms with Crippen molar-refractivity contribution in [2.24, 2.45) is 0 Å². The molecule has 0 saturated carbocycles. The molecule has 0 aliphatic rings. The Hall–Kier alpha value is -2.43. The summed E-state index contributed by atoms with van der Waals surface area (Å²) < 4.78 is 5.68. The number of ether oxygens (including phenoxy) is 1. The summed E-state index contributed by atoms with van der Waals surface area (Å²) >= 11 is 12.1. The number of amides is 1. The number of rotatable bonds is 5. The predicted molar refractivity (Wildman–Crippen MR) is 102 cm³/mol. The standard InChI is InChI=1S/C19H17Cl2NO3/c1-3-4-16(12(2)23)19(24)22-14-7-10-18(17(21)11-14)25-15-8-5-13(20)6-9-15/h3-11,23H,1-2H3,(H,22,24)/b4-3-,16-12-. The molecule has 2 aromatic rings. The lowest BCUT2D eigenvalue weighted by Crippen LogP contribution is -2.14. The summed E-state index contributed by atoms with van der Waals surface area (Å²) in [5.74, 6) is 0.548. The Bertz CT molecular complexity index is 823. The van der Waals surface area contributed by atoms with Crippen LogP contribution < -0.4 is 10.1 Å². The van der Waals surface area contributed by atoms with Crippen LogP contribution in [0.1, 0.15) is 13.8 Å². The molecule has 0 saturated heterocycles. The highest BCUT2D eigenvalue weighted by atomic mass is 35.5. The summed E-state index contributed by atoms with van der Waals surface area (Å²) in [6.07, 6.45) is 3.20. The highest BCUT2D eigenvalue weighted by molar-refractivity contribution is 6.32. The van der Waals surface area contributed by atoms with Gasteiger partial charge in [-0.15, -0.1) is 0 Å². The number of aliphatic hydroxyl groups excluding tert-OH is 1. The molecule has 1 amide bonds. The molecule has 0 fully saturated rings. The summed E-state index contributed by atoms with van der Waals surface area (Å²) in [5.41, 5.74) is 0.668. The summed E-state index contributed by atoms with van der Waals surface area (Å²) in [6.45, 7) is 3.21. The summed E-state index contributed by atoms with van der Waals surface area (Å²) in [7, 11) is 0. The maximum Gasteiger partial charge on any atom is 0.259 e. The molecule has 0 atom stereocenters. The second-order valence-corrected chi connectivity index (χ2v) is 6.00. The van der Waals surface area contributed by atoms with E-state index in [1.54, 1.807) is 55.5 Å². The minimum atomic E-state index is -0.430. The van der Waals surface area contributed by atoms with Gasteiger partial charge in [-0.1, -0.05) is 35.4 Å². The molecule has 0 aromatic heterocycles. The van der Waals surface area contributed by atoms with Crippen LogP contribution in [0.3, 0.4) is 0 Å². The number of carbonyl (C=O) groups excluding carboxylic acids is 1. The van der Waals surface area contributed by atoms with Crippen molar-refractivity contribution < 1.29 is 14.6 Å². The minimum absolute atomic E-state index is 0.0654. The molecule has 0 heterocycles. The van der Waals surface area contributed by atoms with E-state index in [-0.39, 0.29) is 11.3 Å². The molecule has 0 bridgehead atoms. The molecule has 0 radical (unpaired) electrons. The first-order valence-corrected chi connectivity index (χ1v) is 8.23. The lowest BCUT2D eigenvalue weighted by Gasteiger charge is -2.11. The van der Waals surface area contributed by atoms with Gasteiger partial charge in [-0.05, 0) is 56.3 Å². The molecular weight excluding hydrogens is 361 g/mol. The number of anilines is 1. The molecule has 2 rings (SSSR count). The van der Waals surface area contributed by atoms with Crippen molar-refractivity contribution in [3.8, 4) is 11.5 Å². The quantitative estimate of drug-likeness (QED) is 0.374. The largest absolute Gasteiger partial charge is 0.512 e. The van der Waals surface area contributed by atoms with E-state index >= 15 is 0 Å². The van der Waals surface area contributed by atoms with Crippen molar-refractivity contribution in [2.75, 3.05) is 5.32 Å². The summed E-state index contributed by atoms with van der Waals surface area (Å²) in [4.78, 5) is 12.2. The van der Waals surface area contributed by atoms with Crippen molar-refractivity contribution in [2.45, 2.75) is 13.8 Å². The first-order valence-electron chi connectivity index (χ1n) is 7.47. The molecule has 0 aliphatic heterocycles. The van der Waals surface area contributed by atoms with Gasteiger partial charge in [0, 0.05) is 10.7 Å². The molecule has 0 aliphatic carbocycles. The molecule has 130 valence electrons. The maximum absolute atomic E-state index is 12.2. The van der Waals surface area contributed by atoms with E-state index in [4.69, 9.17) is 27.9 Å². The normalized spacial score (nSPS) is 12.0. The van der Waals surface area contributed by atoms with Crippen molar-refractivity contribution >= 4 is 34.8 Å². The van der Waals surface area contributed by atoms with Crippen LogP contribution in [0, 0.1) is 0 Å². The predicted octanol–water partition coefficient (Wildman–Crippen LogP) is 6.13. The number of nitrogens with one attached hydrogen (secondary N) is 1. The fraction of sp³-hybridized carbons (Fsp3) is 0.105. The SMILES string of the molecule is C/C=C\C(C(=O)Nc1ccc(Oc2ccc(Cl)cc2)c(Cl)c1)=C(/C)O. The van der Waals surface area contributed by atoms with Gasteiger partial charge >= 0.3 is 0 Å². The van der Waals surface area contributed by atoms with Gasteiger partial charge in [0.2, 0.25) is 0 Å². The smallest absolute Gasteiger partial charge is 0.259 e. The van der Waals surface area contributed by atoms with Gasteiger partial charge < -0.3 is 15.2 Å². The maximum atomic E-state index is 12.2. The first kappa shape index (κ1) is 18.9. The van der Waals surface area contributed by atoms with E-state index in [1.807, 2.05) is 0 Å². The van der Waals surface area contributed by atoms with Crippen molar-refractivity contribution in [1.29, 1.82) is 0 Å². The lowest BCUT2D eigenvalue weighted by atomic mass is 10.2. The number of benzene rings is 2. The van der Waals surface area contributed by atoms with Crippen LogP contribution in [0.15, 0.2) is 65.9 Å². The highest BCUT2D eigenvalue weighted by Crippen LogP contribution is 2.32. The van der Waals surface area contributed by atoms with E-state index in [2.05, 4.69) is 5.32 Å². The van der Waals surface area contributed by atoms with Crippen molar-refractivity contribution in [3.63, 3.8) is 0 Å². The fourth-order valence-corrected chi connectivity index (χ4v) is 2.36. The van der Waals surface area contributed by atoms with Gasteiger partial charge in [-0.2, -0.15) is 0 Å². The second kappa shape index (κ2) is 8.60. The lowest BCUT2D eigenvalue weighted by molar-refractivity contribution is -0.112. The monoisotopic (exact) mass is 377 g/mol. The molecule has 0 spiro atoms. The number of aliphatic hydroxyl groups is 1. The molecule has 4 nitrogen and oxygen atoms in total. The Labute approximate surface area is 156 Å². The van der Waals surface area contributed by atoms with Gasteiger partial charge in [-0.25, -0.2) is 0 Å². The van der Waals surface area contributed by atoms with Gasteiger partial charge in [0.25, 0.3) is 5.91 Å². The average molecular weight is 378 g/mol. The first-order chi connectivity index (χ1) is 11.9. The molecule has 25 heavy (non-hydrogen) atoms. The zero-order valence-electron chi connectivity index (χ0n) is 13.7. The van der Waals surface area contributed by atoms with E-state index in [0.717, 1.165) is 0 Å². The Morgan fingerprint density at radius 3 is 2.40 bits per heavy atom. The summed E-state index contributed by atoms with van der Waals surface area (Å²) in [5, 5.41) is 13.2. The number of allylic oxidation sites excluding steroid dienone is 2. The van der Waals surface area contributed by atoms with Gasteiger partial charge in [0.15, 0.2) is 0 Å². The van der Waals surface area contributed by atoms with Crippen LogP contribution in [0.5, 0.6) is 11.5 Å². The zero-order valence-corrected chi connectivity index (χ0v) is 15.2. The number of carbonyl (C=O) groups is 1. The Balaban J connectivity index is 2.15. The van der Waals surface area contributed by atoms with Crippen molar-refractivity contribution in [1.82, 2.24) is 0 Å². The van der Waals surface area contributed by atoms with Crippen LogP contribution in [0.25, 0.3) is 0 Å². The van der Waals surface area contributed by atoms with Crippen LogP contribution >= 0.6 is 23.2 Å². The van der Waals surface area contributed by atoms with Crippen LogP contribution in [-0.2, 0) is 4.79 Å². The van der Waals surface area contributed by atoms with Crippen LogP contribution in [0.4, 0.5) is 5.69 Å². The number of halogens is 2. The number of hydrogen-bond acceptors (Lipinski definition) is 3. The highest BCUT2D eigenvalue weighted by Gasteiger charge is 2.12. The zero-order chi connectivity index (χ0) is 18.4. The third kappa shape index (κ3) is 5.28. The second-order valence-electron chi connectivity index (χ2n) is 5.15. The van der Waals surface area contributed by atoms with Gasteiger partial charge in [-0.3, -0.25) is 4.79 Å². The molecule has 0 unspecified atom stereocenters. The van der Waals surface area contributed by atoms with Crippen LogP contribution in [-0.4, -0.2) is 11.0 Å². The van der Waals surface area contributed by atoms with Crippen molar-refractivity contribution in [3.05, 3.63) is 76.0 Å². The number of hydrogen-bond donors (Lipinski definition) is 2.